The summed E-state index contributed by atoms with van der Waals surface area (Å²) in [7, 11) is 0. The number of hydrogen-bond donors (Lipinski definition) is 2. The maximum atomic E-state index is 7.68. The summed E-state index contributed by atoms with van der Waals surface area (Å²) in [6, 6.07) is 8.39. The van der Waals surface area contributed by atoms with Crippen molar-refractivity contribution in [2.75, 3.05) is 6.54 Å². The average Bonchev–Trinajstić information content (AvgIpc) is 3.34. The van der Waals surface area contributed by atoms with Gasteiger partial charge in [0.05, 0.1) is 0 Å². The van der Waals surface area contributed by atoms with Crippen molar-refractivity contribution in [3.63, 3.8) is 0 Å². The summed E-state index contributed by atoms with van der Waals surface area (Å²) in [5, 5.41) is 11.8. The van der Waals surface area contributed by atoms with Crippen molar-refractivity contribution >= 4 is 18.4 Å². The zero-order chi connectivity index (χ0) is 19.1. The Bertz CT molecular complexity index is 731. The number of likely N-dealkylation sites (tertiary alicyclic amines) is 1. The molecule has 1 aromatic heterocycles. The predicted molar refractivity (Wildman–Crippen MR) is 115 cm³/mol. The molecule has 3 rings (SSSR count). The Morgan fingerprint density at radius 1 is 1.18 bits per heavy atom. The molecule has 0 aliphatic carbocycles. The van der Waals surface area contributed by atoms with E-state index in [0.717, 1.165) is 31.4 Å². The van der Waals surface area contributed by atoms with Crippen LogP contribution in [0, 0.1) is 5.41 Å². The molecule has 1 aliphatic rings. The normalized spacial score (nSPS) is 16.2. The van der Waals surface area contributed by atoms with E-state index in [9.17, 15) is 0 Å². The first kappa shape index (κ1) is 22.2. The van der Waals surface area contributed by atoms with Gasteiger partial charge in [-0.2, -0.15) is 4.98 Å². The molecular weight excluding hydrogens is 374 g/mol. The smallest absolute Gasteiger partial charge is 0.249 e. The predicted octanol–water partition coefficient (Wildman–Crippen LogP) is 5.09. The Labute approximate surface area is 173 Å². The second-order valence-electron chi connectivity index (χ2n) is 7.41. The number of rotatable bonds is 9. The van der Waals surface area contributed by atoms with E-state index in [2.05, 4.69) is 41.3 Å². The highest BCUT2D eigenvalue weighted by molar-refractivity contribution is 5.85. The topological polar surface area (TPSA) is 92.0 Å². The van der Waals surface area contributed by atoms with Crippen LogP contribution in [0.4, 0.5) is 0 Å². The van der Waals surface area contributed by atoms with Gasteiger partial charge in [-0.25, -0.2) is 0 Å². The van der Waals surface area contributed by atoms with Gasteiger partial charge in [0.2, 0.25) is 11.7 Å². The largest absolute Gasteiger partial charge is 0.370 e. The molecule has 0 spiro atoms. The Balaban J connectivity index is 0.00000280. The van der Waals surface area contributed by atoms with Crippen LogP contribution >= 0.6 is 12.4 Å². The molecule has 1 atom stereocenters. The third-order valence-corrected chi connectivity index (χ3v) is 5.32. The lowest BCUT2D eigenvalue weighted by atomic mass is 10.0. The molecule has 28 heavy (non-hydrogen) atoms. The molecule has 154 valence electrons. The molecule has 0 radical (unpaired) electrons. The summed E-state index contributed by atoms with van der Waals surface area (Å²) in [5.74, 6) is 1.22. The maximum Gasteiger partial charge on any atom is 0.249 e. The average molecular weight is 406 g/mol. The third kappa shape index (κ3) is 5.71. The van der Waals surface area contributed by atoms with E-state index < -0.39 is 0 Å². The number of guanidine groups is 1. The number of halogens is 1. The minimum atomic E-state index is -0.0734. The summed E-state index contributed by atoms with van der Waals surface area (Å²) in [6.07, 6.45) is 10.9. The van der Waals surface area contributed by atoms with E-state index in [1.165, 1.54) is 44.1 Å². The van der Waals surface area contributed by atoms with Crippen molar-refractivity contribution in [1.82, 2.24) is 15.0 Å². The molecule has 1 fully saturated rings. The first-order chi connectivity index (χ1) is 13.2. The van der Waals surface area contributed by atoms with E-state index in [1.807, 2.05) is 4.90 Å². The van der Waals surface area contributed by atoms with E-state index in [4.69, 9.17) is 15.7 Å². The van der Waals surface area contributed by atoms with Crippen LogP contribution in [0.25, 0.3) is 11.4 Å². The number of nitrogens with zero attached hydrogens (tertiary/aromatic N) is 3. The van der Waals surface area contributed by atoms with Crippen LogP contribution in [-0.2, 0) is 6.42 Å². The van der Waals surface area contributed by atoms with Gasteiger partial charge < -0.3 is 15.2 Å². The molecule has 0 amide bonds. The lowest BCUT2D eigenvalue weighted by molar-refractivity contribution is 0.283. The van der Waals surface area contributed by atoms with Crippen LogP contribution in [0.5, 0.6) is 0 Å². The fourth-order valence-corrected chi connectivity index (χ4v) is 3.73. The van der Waals surface area contributed by atoms with Gasteiger partial charge in [-0.3, -0.25) is 5.41 Å². The molecule has 0 saturated carbocycles. The molecule has 2 aromatic rings. The van der Waals surface area contributed by atoms with Gasteiger partial charge in [-0.15, -0.1) is 12.4 Å². The van der Waals surface area contributed by atoms with Crippen LogP contribution in [0.15, 0.2) is 28.8 Å². The number of aryl methyl sites for hydroxylation is 1. The number of hydrogen-bond acceptors (Lipinski definition) is 4. The Kier molecular flexibility index (Phi) is 8.77. The number of nitrogens with two attached hydrogens (primary N) is 1. The van der Waals surface area contributed by atoms with Gasteiger partial charge in [-0.1, -0.05) is 68.4 Å². The molecular formula is C21H32ClN5O. The number of benzene rings is 1. The lowest BCUT2D eigenvalue weighted by Crippen LogP contribution is -2.35. The molecule has 3 N–H and O–H groups in total. The van der Waals surface area contributed by atoms with Gasteiger partial charge in [0.25, 0.3) is 0 Å². The molecule has 2 heterocycles. The highest BCUT2D eigenvalue weighted by Crippen LogP contribution is 2.31. The van der Waals surface area contributed by atoms with Gasteiger partial charge in [0.1, 0.15) is 6.04 Å². The van der Waals surface area contributed by atoms with Crippen molar-refractivity contribution in [2.24, 2.45) is 5.73 Å². The van der Waals surface area contributed by atoms with Crippen LogP contribution < -0.4 is 5.73 Å². The highest BCUT2D eigenvalue weighted by atomic mass is 35.5. The molecule has 6 nitrogen and oxygen atoms in total. The molecule has 7 heteroatoms. The summed E-state index contributed by atoms with van der Waals surface area (Å²) in [6.45, 7) is 3.02. The van der Waals surface area contributed by atoms with Crippen molar-refractivity contribution < 1.29 is 4.52 Å². The van der Waals surface area contributed by atoms with Crippen LogP contribution in [0.2, 0.25) is 0 Å². The van der Waals surface area contributed by atoms with E-state index in [-0.39, 0.29) is 24.4 Å². The Morgan fingerprint density at radius 3 is 2.61 bits per heavy atom. The Hall–Kier alpha value is -2.08. The minimum absolute atomic E-state index is 0. The van der Waals surface area contributed by atoms with Crippen molar-refractivity contribution in [3.05, 3.63) is 35.7 Å². The molecule has 1 aliphatic heterocycles. The molecule has 1 saturated heterocycles. The monoisotopic (exact) mass is 405 g/mol. The fourth-order valence-electron chi connectivity index (χ4n) is 3.73. The SMILES string of the molecule is CCCCCCCCc1ccc(-c2noc([C@@H]3CCCN3C(=N)N)n2)cc1.Cl. The van der Waals surface area contributed by atoms with Crippen molar-refractivity contribution in [3.8, 4) is 11.4 Å². The first-order valence-electron chi connectivity index (χ1n) is 10.2. The number of aromatic nitrogens is 2. The fraction of sp³-hybridized carbons (Fsp3) is 0.571. The zero-order valence-corrected chi connectivity index (χ0v) is 17.5. The van der Waals surface area contributed by atoms with E-state index in [1.54, 1.807) is 0 Å². The summed E-state index contributed by atoms with van der Waals surface area (Å²) in [4.78, 5) is 6.38. The summed E-state index contributed by atoms with van der Waals surface area (Å²) in [5.41, 5.74) is 7.97. The molecule has 1 aromatic carbocycles. The van der Waals surface area contributed by atoms with Crippen molar-refractivity contribution in [1.29, 1.82) is 5.41 Å². The second kappa shape index (κ2) is 11.1. The van der Waals surface area contributed by atoms with Crippen molar-refractivity contribution in [2.45, 2.75) is 70.8 Å². The second-order valence-corrected chi connectivity index (χ2v) is 7.41. The zero-order valence-electron chi connectivity index (χ0n) is 16.7. The first-order valence-corrected chi connectivity index (χ1v) is 10.2. The van der Waals surface area contributed by atoms with Crippen LogP contribution in [0.1, 0.15) is 75.8 Å². The maximum absolute atomic E-state index is 7.68. The van der Waals surface area contributed by atoms with E-state index >= 15 is 0 Å². The molecule has 0 bridgehead atoms. The molecule has 0 unspecified atom stereocenters. The summed E-state index contributed by atoms with van der Waals surface area (Å²) < 4.78 is 5.47. The number of nitrogens with one attached hydrogen (secondary N) is 1. The summed E-state index contributed by atoms with van der Waals surface area (Å²) >= 11 is 0. The van der Waals surface area contributed by atoms with Crippen LogP contribution in [-0.4, -0.2) is 27.5 Å². The highest BCUT2D eigenvalue weighted by Gasteiger charge is 2.31. The van der Waals surface area contributed by atoms with Gasteiger partial charge in [0.15, 0.2) is 5.96 Å². The van der Waals surface area contributed by atoms with Gasteiger partial charge in [-0.05, 0) is 31.2 Å². The quantitative estimate of drug-likeness (QED) is 0.344. The number of unbranched alkanes of at least 4 members (excludes halogenated alkanes) is 5. The Morgan fingerprint density at radius 2 is 1.89 bits per heavy atom. The minimum Gasteiger partial charge on any atom is -0.370 e. The van der Waals surface area contributed by atoms with Gasteiger partial charge >= 0.3 is 0 Å². The lowest BCUT2D eigenvalue weighted by Gasteiger charge is -2.21. The third-order valence-electron chi connectivity index (χ3n) is 5.32. The van der Waals surface area contributed by atoms with E-state index in [0.29, 0.717) is 11.7 Å². The van der Waals surface area contributed by atoms with Gasteiger partial charge in [0, 0.05) is 12.1 Å². The van der Waals surface area contributed by atoms with Crippen LogP contribution in [0.3, 0.4) is 0 Å². The standard InChI is InChI=1S/C21H31N5O.ClH/c1-2-3-4-5-6-7-9-16-11-13-17(14-12-16)19-24-20(27-25-19)18-10-8-15-26(18)21(22)23;/h11-14,18H,2-10,15H2,1H3,(H3,22,23);1H/t18-;/m0./s1.